The fourth-order valence-electron chi connectivity index (χ4n) is 0.659. The molecular weight excluding hydrogens is 124 g/mol. The van der Waals surface area contributed by atoms with E-state index in [1.807, 2.05) is 26.0 Å². The minimum Gasteiger partial charge on any atom is -0.258 e. The van der Waals surface area contributed by atoms with Crippen LogP contribution >= 0.6 is 0 Å². The lowest BCUT2D eigenvalue weighted by Gasteiger charge is -1.90. The Labute approximate surface area is 60.6 Å². The molecule has 0 amide bonds. The molecule has 0 N–H and O–H groups in total. The molecule has 1 heterocycles. The smallest absolute Gasteiger partial charge is 0.0809 e. The van der Waals surface area contributed by atoms with Crippen molar-refractivity contribution in [3.05, 3.63) is 29.9 Å². The molecule has 0 aliphatic carbocycles. The Morgan fingerprint density at radius 3 is 2.60 bits per heavy atom. The Morgan fingerprint density at radius 1 is 1.30 bits per heavy atom. The zero-order valence-electron chi connectivity index (χ0n) is 6.20. The van der Waals surface area contributed by atoms with Crippen molar-refractivity contribution in [1.82, 2.24) is 9.97 Å². The topological polar surface area (TPSA) is 25.8 Å². The van der Waals surface area contributed by atoms with Crippen LogP contribution in [0.5, 0.6) is 0 Å². The van der Waals surface area contributed by atoms with Crippen LogP contribution in [0.15, 0.2) is 18.5 Å². The van der Waals surface area contributed by atoms with Gasteiger partial charge in [-0.1, -0.05) is 6.08 Å². The minimum absolute atomic E-state index is 0.910. The van der Waals surface area contributed by atoms with E-state index >= 15 is 0 Å². The van der Waals surface area contributed by atoms with Gasteiger partial charge in [-0.3, -0.25) is 9.97 Å². The van der Waals surface area contributed by atoms with Crippen molar-refractivity contribution in [2.75, 3.05) is 0 Å². The molecule has 0 saturated carbocycles. The van der Waals surface area contributed by atoms with Gasteiger partial charge in [0.05, 0.1) is 17.6 Å². The van der Waals surface area contributed by atoms with E-state index in [0.717, 1.165) is 11.4 Å². The van der Waals surface area contributed by atoms with Gasteiger partial charge in [-0.05, 0) is 19.9 Å². The number of aryl methyl sites for hydroxylation is 1. The monoisotopic (exact) mass is 134 g/mol. The third-order valence-corrected chi connectivity index (χ3v) is 1.14. The van der Waals surface area contributed by atoms with Gasteiger partial charge < -0.3 is 0 Å². The van der Waals surface area contributed by atoms with Gasteiger partial charge >= 0.3 is 0 Å². The van der Waals surface area contributed by atoms with E-state index in [9.17, 15) is 0 Å². The molecule has 0 aliphatic heterocycles. The summed E-state index contributed by atoms with van der Waals surface area (Å²) in [5, 5.41) is 0. The first-order valence-electron chi connectivity index (χ1n) is 3.24. The molecule has 0 fully saturated rings. The van der Waals surface area contributed by atoms with Crippen molar-refractivity contribution in [3.63, 3.8) is 0 Å². The van der Waals surface area contributed by atoms with Crippen LogP contribution in [0.1, 0.15) is 18.3 Å². The van der Waals surface area contributed by atoms with Crippen LogP contribution < -0.4 is 0 Å². The van der Waals surface area contributed by atoms with Gasteiger partial charge in [0, 0.05) is 6.20 Å². The van der Waals surface area contributed by atoms with Crippen LogP contribution in [0.4, 0.5) is 0 Å². The summed E-state index contributed by atoms with van der Waals surface area (Å²) in [5.74, 6) is 0. The Balaban J connectivity index is 2.89. The van der Waals surface area contributed by atoms with Crippen molar-refractivity contribution >= 4 is 6.08 Å². The Bertz CT molecular complexity index is 224. The van der Waals surface area contributed by atoms with Gasteiger partial charge in [0.1, 0.15) is 0 Å². The van der Waals surface area contributed by atoms with Crippen LogP contribution in [0.25, 0.3) is 6.08 Å². The fourth-order valence-corrected chi connectivity index (χ4v) is 0.659. The summed E-state index contributed by atoms with van der Waals surface area (Å²) in [4.78, 5) is 8.20. The van der Waals surface area contributed by atoms with E-state index in [1.54, 1.807) is 12.4 Å². The average Bonchev–Trinajstić information content (AvgIpc) is 1.95. The summed E-state index contributed by atoms with van der Waals surface area (Å²) < 4.78 is 0. The third-order valence-electron chi connectivity index (χ3n) is 1.14. The summed E-state index contributed by atoms with van der Waals surface area (Å²) in [5.41, 5.74) is 1.86. The Morgan fingerprint density at radius 2 is 2.10 bits per heavy atom. The lowest BCUT2D eigenvalue weighted by Crippen LogP contribution is -1.85. The first-order chi connectivity index (χ1) is 4.83. The first-order valence-corrected chi connectivity index (χ1v) is 3.24. The van der Waals surface area contributed by atoms with E-state index in [1.165, 1.54) is 0 Å². The van der Waals surface area contributed by atoms with Crippen LogP contribution in [-0.4, -0.2) is 9.97 Å². The number of hydrogen-bond acceptors (Lipinski definition) is 2. The fraction of sp³-hybridized carbons (Fsp3) is 0.250. The molecule has 2 nitrogen and oxygen atoms in total. The van der Waals surface area contributed by atoms with Gasteiger partial charge in [0.25, 0.3) is 0 Å². The second-order valence-corrected chi connectivity index (χ2v) is 2.08. The second-order valence-electron chi connectivity index (χ2n) is 2.08. The van der Waals surface area contributed by atoms with Gasteiger partial charge in [0.2, 0.25) is 0 Å². The van der Waals surface area contributed by atoms with Crippen LogP contribution in [0.2, 0.25) is 0 Å². The molecule has 0 spiro atoms. The highest BCUT2D eigenvalue weighted by molar-refractivity contribution is 5.41. The first kappa shape index (κ1) is 6.93. The lowest BCUT2D eigenvalue weighted by atomic mass is 10.4. The van der Waals surface area contributed by atoms with E-state index in [4.69, 9.17) is 0 Å². The molecule has 52 valence electrons. The molecular formula is C8H10N2. The van der Waals surface area contributed by atoms with Crippen LogP contribution in [0, 0.1) is 6.92 Å². The summed E-state index contributed by atoms with van der Waals surface area (Å²) in [6.07, 6.45) is 7.39. The number of aromatic nitrogens is 2. The zero-order chi connectivity index (χ0) is 7.40. The highest BCUT2D eigenvalue weighted by Gasteiger charge is 1.86. The van der Waals surface area contributed by atoms with Crippen molar-refractivity contribution in [1.29, 1.82) is 0 Å². The molecule has 10 heavy (non-hydrogen) atoms. The molecule has 2 heteroatoms. The molecule has 1 rings (SSSR count). The summed E-state index contributed by atoms with van der Waals surface area (Å²) in [6.45, 7) is 3.88. The molecule has 0 unspecified atom stereocenters. The standard InChI is InChI=1S/C8H10N2/c1-3-4-8-6-9-7(2)5-10-8/h3-6H,1-2H3/b4-3+. The predicted octanol–water partition coefficient (Wildman–Crippen LogP) is 1.82. The number of hydrogen-bond donors (Lipinski definition) is 0. The van der Waals surface area contributed by atoms with E-state index in [2.05, 4.69) is 9.97 Å². The second kappa shape index (κ2) is 3.11. The van der Waals surface area contributed by atoms with Gasteiger partial charge in [-0.15, -0.1) is 0 Å². The van der Waals surface area contributed by atoms with Crippen molar-refractivity contribution < 1.29 is 0 Å². The quantitative estimate of drug-likeness (QED) is 0.585. The molecule has 0 bridgehead atoms. The average molecular weight is 134 g/mol. The molecule has 1 aromatic heterocycles. The number of nitrogens with zero attached hydrogens (tertiary/aromatic N) is 2. The number of rotatable bonds is 1. The van der Waals surface area contributed by atoms with Gasteiger partial charge in [-0.25, -0.2) is 0 Å². The Hall–Kier alpha value is -1.18. The van der Waals surface area contributed by atoms with Crippen molar-refractivity contribution in [3.8, 4) is 0 Å². The maximum atomic E-state index is 4.12. The van der Waals surface area contributed by atoms with E-state index in [0.29, 0.717) is 0 Å². The number of allylic oxidation sites excluding steroid dienone is 1. The summed E-state index contributed by atoms with van der Waals surface area (Å²) in [6, 6.07) is 0. The maximum Gasteiger partial charge on any atom is 0.0809 e. The largest absolute Gasteiger partial charge is 0.258 e. The van der Waals surface area contributed by atoms with E-state index < -0.39 is 0 Å². The lowest BCUT2D eigenvalue weighted by molar-refractivity contribution is 1.10. The van der Waals surface area contributed by atoms with Crippen molar-refractivity contribution in [2.24, 2.45) is 0 Å². The summed E-state index contributed by atoms with van der Waals surface area (Å²) in [7, 11) is 0. The SMILES string of the molecule is C/C=C/c1cnc(C)cn1. The predicted molar refractivity (Wildman–Crippen MR) is 41.5 cm³/mol. The highest BCUT2D eigenvalue weighted by atomic mass is 14.8. The summed E-state index contributed by atoms with van der Waals surface area (Å²) >= 11 is 0. The van der Waals surface area contributed by atoms with Crippen LogP contribution in [0.3, 0.4) is 0 Å². The molecule has 0 aromatic carbocycles. The maximum absolute atomic E-state index is 4.12. The van der Waals surface area contributed by atoms with Gasteiger partial charge in [0.15, 0.2) is 0 Å². The van der Waals surface area contributed by atoms with Gasteiger partial charge in [-0.2, -0.15) is 0 Å². The van der Waals surface area contributed by atoms with E-state index in [-0.39, 0.29) is 0 Å². The Kier molecular flexibility index (Phi) is 2.15. The van der Waals surface area contributed by atoms with Crippen LogP contribution in [-0.2, 0) is 0 Å². The molecule has 0 radical (unpaired) electrons. The normalized spacial score (nSPS) is 10.6. The highest BCUT2D eigenvalue weighted by Crippen LogP contribution is 1.95. The zero-order valence-corrected chi connectivity index (χ0v) is 6.20. The van der Waals surface area contributed by atoms with Crippen molar-refractivity contribution in [2.45, 2.75) is 13.8 Å². The molecule has 1 aromatic rings. The molecule has 0 atom stereocenters. The minimum atomic E-state index is 0.910. The third kappa shape index (κ3) is 1.65. The molecule has 0 saturated heterocycles. The molecule has 0 aliphatic rings.